The van der Waals surface area contributed by atoms with E-state index in [1.54, 1.807) is 6.08 Å². The second kappa shape index (κ2) is 6.34. The van der Waals surface area contributed by atoms with Crippen LogP contribution in [0.25, 0.3) is 6.08 Å². The molecule has 0 aromatic heterocycles. The van der Waals surface area contributed by atoms with Gasteiger partial charge in [0.1, 0.15) is 0 Å². The summed E-state index contributed by atoms with van der Waals surface area (Å²) in [6, 6.07) is 8.03. The van der Waals surface area contributed by atoms with E-state index in [0.717, 1.165) is 24.1 Å². The molecule has 1 heterocycles. The molecule has 0 radical (unpaired) electrons. The maximum Gasteiger partial charge on any atom is 0.363 e. The van der Waals surface area contributed by atoms with Crippen LogP contribution >= 0.6 is 0 Å². The first kappa shape index (κ1) is 14.8. The maximum absolute atomic E-state index is 12.0. The fourth-order valence-corrected chi connectivity index (χ4v) is 2.98. The average Bonchev–Trinajstić information content (AvgIpc) is 2.90. The van der Waals surface area contributed by atoms with Crippen LogP contribution in [0.15, 0.2) is 35.0 Å². The van der Waals surface area contributed by atoms with E-state index in [1.807, 2.05) is 43.3 Å². The smallest absolute Gasteiger partial charge is 0.363 e. The standard InChI is InChI=1S/C18H22N2O2/c1-20(2)15-10-8-13(9-11-15)12-16-18(21)22-17(19-16)14-6-4-3-5-7-14/h8-12,14H,3-7H2,1-2H3/b16-12+. The summed E-state index contributed by atoms with van der Waals surface area (Å²) < 4.78 is 5.38. The van der Waals surface area contributed by atoms with Crippen LogP contribution in [0.2, 0.25) is 0 Å². The molecule has 116 valence electrons. The SMILES string of the molecule is CN(C)c1ccc(/C=C2/N=C(C3CCCCC3)OC2=O)cc1. The number of aliphatic imine (C=N–C) groups is 1. The quantitative estimate of drug-likeness (QED) is 0.632. The van der Waals surface area contributed by atoms with Gasteiger partial charge in [0.25, 0.3) is 0 Å². The van der Waals surface area contributed by atoms with Crippen LogP contribution < -0.4 is 4.90 Å². The normalized spacial score (nSPS) is 20.9. The van der Waals surface area contributed by atoms with E-state index in [2.05, 4.69) is 4.99 Å². The summed E-state index contributed by atoms with van der Waals surface area (Å²) in [4.78, 5) is 18.5. The molecule has 4 heteroatoms. The molecule has 1 aliphatic heterocycles. The number of hydrogen-bond donors (Lipinski definition) is 0. The second-order valence-electron chi connectivity index (χ2n) is 6.19. The molecule has 1 aromatic carbocycles. The molecule has 1 fully saturated rings. The number of benzene rings is 1. The Bertz CT molecular complexity index is 608. The lowest BCUT2D eigenvalue weighted by Crippen LogP contribution is -2.19. The molecule has 0 unspecified atom stereocenters. The number of ether oxygens (including phenoxy) is 1. The summed E-state index contributed by atoms with van der Waals surface area (Å²) in [6.45, 7) is 0. The zero-order chi connectivity index (χ0) is 15.5. The Hall–Kier alpha value is -2.10. The average molecular weight is 298 g/mol. The monoisotopic (exact) mass is 298 g/mol. The highest BCUT2D eigenvalue weighted by Crippen LogP contribution is 2.29. The highest BCUT2D eigenvalue weighted by atomic mass is 16.6. The highest BCUT2D eigenvalue weighted by Gasteiger charge is 2.29. The number of carbonyl (C=O) groups excluding carboxylic acids is 1. The number of hydrogen-bond acceptors (Lipinski definition) is 4. The Morgan fingerprint density at radius 1 is 1.14 bits per heavy atom. The number of rotatable bonds is 3. The van der Waals surface area contributed by atoms with Gasteiger partial charge in [-0.05, 0) is 36.6 Å². The van der Waals surface area contributed by atoms with Gasteiger partial charge in [0.15, 0.2) is 5.70 Å². The molecule has 0 spiro atoms. The Morgan fingerprint density at radius 3 is 2.45 bits per heavy atom. The predicted molar refractivity (Wildman–Crippen MR) is 88.8 cm³/mol. The third kappa shape index (κ3) is 3.21. The lowest BCUT2D eigenvalue weighted by atomic mass is 9.89. The number of esters is 1. The summed E-state index contributed by atoms with van der Waals surface area (Å²) in [5.74, 6) is 0.623. The molecule has 1 saturated carbocycles. The molecular formula is C18H22N2O2. The van der Waals surface area contributed by atoms with Gasteiger partial charge in [-0.25, -0.2) is 9.79 Å². The van der Waals surface area contributed by atoms with Crippen LogP contribution in [-0.2, 0) is 9.53 Å². The minimum atomic E-state index is -0.322. The Kier molecular flexibility index (Phi) is 4.27. The van der Waals surface area contributed by atoms with Crippen molar-refractivity contribution in [3.63, 3.8) is 0 Å². The number of anilines is 1. The highest BCUT2D eigenvalue weighted by molar-refractivity contribution is 6.07. The molecule has 3 rings (SSSR count). The Labute approximate surface area is 131 Å². The molecule has 0 N–H and O–H groups in total. The van der Waals surface area contributed by atoms with Gasteiger partial charge in [-0.15, -0.1) is 0 Å². The van der Waals surface area contributed by atoms with Crippen molar-refractivity contribution >= 4 is 23.6 Å². The molecule has 1 aliphatic carbocycles. The Morgan fingerprint density at radius 2 is 1.82 bits per heavy atom. The lowest BCUT2D eigenvalue weighted by Gasteiger charge is -2.19. The molecular weight excluding hydrogens is 276 g/mol. The Balaban J connectivity index is 1.77. The third-order valence-corrected chi connectivity index (χ3v) is 4.30. The first-order valence-electron chi connectivity index (χ1n) is 7.93. The van der Waals surface area contributed by atoms with Gasteiger partial charge in [0, 0.05) is 25.7 Å². The van der Waals surface area contributed by atoms with Crippen molar-refractivity contribution in [2.24, 2.45) is 10.9 Å². The third-order valence-electron chi connectivity index (χ3n) is 4.30. The van der Waals surface area contributed by atoms with Gasteiger partial charge in [-0.2, -0.15) is 0 Å². The van der Waals surface area contributed by atoms with Crippen LogP contribution in [0, 0.1) is 5.92 Å². The van der Waals surface area contributed by atoms with Crippen molar-refractivity contribution in [1.82, 2.24) is 0 Å². The number of carbonyl (C=O) groups is 1. The molecule has 4 nitrogen and oxygen atoms in total. The van der Waals surface area contributed by atoms with E-state index in [1.165, 1.54) is 19.3 Å². The van der Waals surface area contributed by atoms with E-state index in [0.29, 0.717) is 17.5 Å². The van der Waals surface area contributed by atoms with Gasteiger partial charge in [-0.3, -0.25) is 0 Å². The summed E-state index contributed by atoms with van der Waals surface area (Å²) in [7, 11) is 4.01. The summed E-state index contributed by atoms with van der Waals surface area (Å²) in [6.07, 6.45) is 7.64. The van der Waals surface area contributed by atoms with Crippen LogP contribution in [0.4, 0.5) is 5.69 Å². The molecule has 0 atom stereocenters. The van der Waals surface area contributed by atoms with Crippen LogP contribution in [0.1, 0.15) is 37.7 Å². The first-order valence-corrected chi connectivity index (χ1v) is 7.93. The van der Waals surface area contributed by atoms with Crippen molar-refractivity contribution in [1.29, 1.82) is 0 Å². The number of nitrogens with zero attached hydrogens (tertiary/aromatic N) is 2. The van der Waals surface area contributed by atoms with Crippen molar-refractivity contribution < 1.29 is 9.53 Å². The summed E-state index contributed by atoms with van der Waals surface area (Å²) in [5, 5.41) is 0. The molecule has 0 amide bonds. The minimum Gasteiger partial charge on any atom is -0.406 e. The molecule has 22 heavy (non-hydrogen) atoms. The van der Waals surface area contributed by atoms with E-state index in [4.69, 9.17) is 4.74 Å². The number of cyclic esters (lactones) is 1. The zero-order valence-corrected chi connectivity index (χ0v) is 13.2. The van der Waals surface area contributed by atoms with Crippen molar-refractivity contribution in [3.05, 3.63) is 35.5 Å². The molecule has 1 aromatic rings. The van der Waals surface area contributed by atoms with Crippen LogP contribution in [0.5, 0.6) is 0 Å². The van der Waals surface area contributed by atoms with Gasteiger partial charge in [0.05, 0.1) is 0 Å². The van der Waals surface area contributed by atoms with Gasteiger partial charge >= 0.3 is 5.97 Å². The summed E-state index contributed by atoms with van der Waals surface area (Å²) >= 11 is 0. The van der Waals surface area contributed by atoms with Gasteiger partial charge < -0.3 is 9.64 Å². The first-order chi connectivity index (χ1) is 10.6. The summed E-state index contributed by atoms with van der Waals surface area (Å²) in [5.41, 5.74) is 2.51. The van der Waals surface area contributed by atoms with Gasteiger partial charge in [0.2, 0.25) is 5.90 Å². The van der Waals surface area contributed by atoms with Crippen molar-refractivity contribution in [3.8, 4) is 0 Å². The van der Waals surface area contributed by atoms with Crippen molar-refractivity contribution in [2.45, 2.75) is 32.1 Å². The van der Waals surface area contributed by atoms with E-state index in [9.17, 15) is 4.79 Å². The largest absolute Gasteiger partial charge is 0.406 e. The predicted octanol–water partition coefficient (Wildman–Crippen LogP) is 3.63. The van der Waals surface area contributed by atoms with E-state index in [-0.39, 0.29) is 5.97 Å². The molecule has 0 bridgehead atoms. The molecule has 2 aliphatic rings. The van der Waals surface area contributed by atoms with E-state index < -0.39 is 0 Å². The maximum atomic E-state index is 12.0. The van der Waals surface area contributed by atoms with Crippen LogP contribution in [-0.4, -0.2) is 26.0 Å². The second-order valence-corrected chi connectivity index (χ2v) is 6.19. The van der Waals surface area contributed by atoms with Gasteiger partial charge in [-0.1, -0.05) is 31.4 Å². The van der Waals surface area contributed by atoms with Crippen LogP contribution in [0.3, 0.4) is 0 Å². The van der Waals surface area contributed by atoms with Crippen molar-refractivity contribution in [2.75, 3.05) is 19.0 Å². The minimum absolute atomic E-state index is 0.319. The zero-order valence-electron chi connectivity index (χ0n) is 13.2. The molecule has 0 saturated heterocycles. The topological polar surface area (TPSA) is 41.9 Å². The lowest BCUT2D eigenvalue weighted by molar-refractivity contribution is -0.130. The fourth-order valence-electron chi connectivity index (χ4n) is 2.98. The fraction of sp³-hybridized carbons (Fsp3) is 0.444. The van der Waals surface area contributed by atoms with E-state index >= 15 is 0 Å².